The molecule has 0 spiro atoms. The van der Waals surface area contributed by atoms with E-state index in [0.29, 0.717) is 0 Å². The Labute approximate surface area is 114 Å². The minimum Gasteiger partial charge on any atom is -0.508 e. The number of aliphatic carboxylic acids is 2. The number of aromatic hydroxyl groups is 1. The van der Waals surface area contributed by atoms with Crippen molar-refractivity contribution in [3.8, 4) is 5.75 Å². The molecule has 0 heterocycles. The fourth-order valence-corrected chi connectivity index (χ4v) is 1.47. The first kappa shape index (κ1) is 17.1. The Bertz CT molecular complexity index is 452. The fourth-order valence-electron chi connectivity index (χ4n) is 1.47. The molecule has 1 rings (SSSR count). The summed E-state index contributed by atoms with van der Waals surface area (Å²) < 4.78 is 13.0. The zero-order valence-electron chi connectivity index (χ0n) is 9.74. The average molecular weight is 294 g/mol. The van der Waals surface area contributed by atoms with E-state index < -0.39 is 30.8 Å². The highest BCUT2D eigenvalue weighted by atomic mass is 35.5. The molecule has 0 saturated carbocycles. The summed E-state index contributed by atoms with van der Waals surface area (Å²) in [6.45, 7) is -1.19. The topological polar surface area (TPSA) is 98.1 Å². The minimum atomic E-state index is -1.20. The first-order chi connectivity index (χ1) is 8.38. The number of rotatable bonds is 6. The standard InChI is InChI=1S/C11H12FNO5.ClH/c12-8-1-2-9(14)7(3-8)4-13(5-10(15)16)6-11(17)18;/h1-3,14H,4-6H2,(H,15,16)(H,17,18);1H. The Morgan fingerprint density at radius 1 is 1.16 bits per heavy atom. The number of nitrogens with zero attached hydrogens (tertiary/aromatic N) is 1. The number of phenolic OH excluding ortho intramolecular Hbond substituents is 1. The summed E-state index contributed by atoms with van der Waals surface area (Å²) in [4.78, 5) is 22.2. The van der Waals surface area contributed by atoms with Crippen LogP contribution in [0.2, 0.25) is 0 Å². The molecular formula is C11H13ClFNO5. The predicted molar refractivity (Wildman–Crippen MR) is 65.9 cm³/mol. The van der Waals surface area contributed by atoms with Gasteiger partial charge in [0.15, 0.2) is 0 Å². The highest BCUT2D eigenvalue weighted by Crippen LogP contribution is 2.19. The van der Waals surface area contributed by atoms with Crippen LogP contribution in [0.5, 0.6) is 5.75 Å². The third-order valence-electron chi connectivity index (χ3n) is 2.15. The van der Waals surface area contributed by atoms with E-state index in [1.807, 2.05) is 0 Å². The molecule has 1 aromatic carbocycles. The maximum absolute atomic E-state index is 13.0. The second-order valence-corrected chi connectivity index (χ2v) is 3.71. The zero-order chi connectivity index (χ0) is 13.7. The molecule has 0 aromatic heterocycles. The molecule has 8 heteroatoms. The van der Waals surface area contributed by atoms with Crippen molar-refractivity contribution in [3.63, 3.8) is 0 Å². The molecule has 106 valence electrons. The maximum Gasteiger partial charge on any atom is 0.317 e. The molecule has 0 fully saturated rings. The molecule has 19 heavy (non-hydrogen) atoms. The third-order valence-corrected chi connectivity index (χ3v) is 2.15. The Balaban J connectivity index is 0.00000324. The van der Waals surface area contributed by atoms with Crippen molar-refractivity contribution in [1.82, 2.24) is 4.90 Å². The van der Waals surface area contributed by atoms with Crippen LogP contribution in [0.4, 0.5) is 4.39 Å². The first-order valence-corrected chi connectivity index (χ1v) is 5.02. The van der Waals surface area contributed by atoms with Crippen LogP contribution in [-0.2, 0) is 16.1 Å². The molecule has 0 radical (unpaired) electrons. The van der Waals surface area contributed by atoms with Gasteiger partial charge in [-0.2, -0.15) is 0 Å². The number of benzene rings is 1. The Morgan fingerprint density at radius 2 is 1.68 bits per heavy atom. The normalized spacial score (nSPS) is 10.0. The molecule has 0 saturated heterocycles. The van der Waals surface area contributed by atoms with Crippen LogP contribution in [0.25, 0.3) is 0 Å². The number of hydrogen-bond donors (Lipinski definition) is 3. The van der Waals surface area contributed by atoms with Gasteiger partial charge in [0.05, 0.1) is 13.1 Å². The van der Waals surface area contributed by atoms with Gasteiger partial charge in [0.25, 0.3) is 0 Å². The SMILES string of the molecule is Cl.O=C(O)CN(CC(=O)O)Cc1cc(F)ccc1O. The smallest absolute Gasteiger partial charge is 0.317 e. The zero-order valence-corrected chi connectivity index (χ0v) is 10.6. The predicted octanol–water partition coefficient (Wildman–Crippen LogP) is 0.924. The van der Waals surface area contributed by atoms with Gasteiger partial charge in [-0.1, -0.05) is 0 Å². The van der Waals surface area contributed by atoms with Crippen molar-refractivity contribution >= 4 is 24.3 Å². The van der Waals surface area contributed by atoms with Crippen molar-refractivity contribution in [2.45, 2.75) is 6.54 Å². The molecule has 1 aromatic rings. The molecule has 0 unspecified atom stereocenters. The van der Waals surface area contributed by atoms with Crippen LogP contribution in [0.15, 0.2) is 18.2 Å². The van der Waals surface area contributed by atoms with Gasteiger partial charge in [-0.3, -0.25) is 14.5 Å². The Kier molecular flexibility index (Phi) is 6.81. The molecule has 0 aliphatic heterocycles. The number of carboxylic acid groups (broad SMARTS) is 2. The minimum absolute atomic E-state index is 0. The van der Waals surface area contributed by atoms with Gasteiger partial charge < -0.3 is 15.3 Å². The first-order valence-electron chi connectivity index (χ1n) is 5.02. The van der Waals surface area contributed by atoms with Crippen LogP contribution in [0, 0.1) is 5.82 Å². The van der Waals surface area contributed by atoms with Crippen molar-refractivity contribution in [3.05, 3.63) is 29.6 Å². The highest BCUT2D eigenvalue weighted by Gasteiger charge is 2.15. The summed E-state index contributed by atoms with van der Waals surface area (Å²) in [5.41, 5.74) is 0.137. The Hall–Kier alpha value is -1.86. The summed E-state index contributed by atoms with van der Waals surface area (Å²) in [5, 5.41) is 26.7. The summed E-state index contributed by atoms with van der Waals surface area (Å²) in [6, 6.07) is 3.22. The van der Waals surface area contributed by atoms with Gasteiger partial charge in [-0.05, 0) is 18.2 Å². The quantitative estimate of drug-likeness (QED) is 0.721. The summed E-state index contributed by atoms with van der Waals surface area (Å²) in [5.74, 6) is -3.20. The van der Waals surface area contributed by atoms with Crippen molar-refractivity contribution in [2.75, 3.05) is 13.1 Å². The van der Waals surface area contributed by atoms with Crippen molar-refractivity contribution in [2.24, 2.45) is 0 Å². The van der Waals surface area contributed by atoms with Crippen LogP contribution < -0.4 is 0 Å². The van der Waals surface area contributed by atoms with E-state index in [-0.39, 0.29) is 30.3 Å². The maximum atomic E-state index is 13.0. The largest absolute Gasteiger partial charge is 0.508 e. The van der Waals surface area contributed by atoms with Gasteiger partial charge in [0.1, 0.15) is 11.6 Å². The van der Waals surface area contributed by atoms with Gasteiger partial charge >= 0.3 is 11.9 Å². The van der Waals surface area contributed by atoms with Crippen LogP contribution in [0.1, 0.15) is 5.56 Å². The van der Waals surface area contributed by atoms with Crippen LogP contribution in [-0.4, -0.2) is 45.2 Å². The number of carbonyl (C=O) groups is 2. The van der Waals surface area contributed by atoms with E-state index in [4.69, 9.17) is 10.2 Å². The van der Waals surface area contributed by atoms with E-state index in [2.05, 4.69) is 0 Å². The van der Waals surface area contributed by atoms with Gasteiger partial charge in [-0.25, -0.2) is 4.39 Å². The average Bonchev–Trinajstić information content (AvgIpc) is 2.21. The molecule has 0 bridgehead atoms. The lowest BCUT2D eigenvalue weighted by atomic mass is 10.2. The molecule has 0 aliphatic rings. The van der Waals surface area contributed by atoms with E-state index in [9.17, 15) is 19.1 Å². The summed E-state index contributed by atoms with van der Waals surface area (Å²) in [7, 11) is 0. The van der Waals surface area contributed by atoms with E-state index in [1.165, 1.54) is 0 Å². The lowest BCUT2D eigenvalue weighted by molar-refractivity contribution is -0.142. The molecule has 0 amide bonds. The third kappa shape index (κ3) is 6.03. The number of phenols is 1. The summed E-state index contributed by atoms with van der Waals surface area (Å²) >= 11 is 0. The van der Waals surface area contributed by atoms with Crippen molar-refractivity contribution in [1.29, 1.82) is 0 Å². The molecule has 3 N–H and O–H groups in total. The molecule has 0 atom stereocenters. The van der Waals surface area contributed by atoms with Crippen LogP contribution in [0.3, 0.4) is 0 Å². The molecular weight excluding hydrogens is 281 g/mol. The second-order valence-electron chi connectivity index (χ2n) is 3.71. The number of carboxylic acids is 2. The van der Waals surface area contributed by atoms with E-state index >= 15 is 0 Å². The van der Waals surface area contributed by atoms with Gasteiger partial charge in [0.2, 0.25) is 0 Å². The van der Waals surface area contributed by atoms with Gasteiger partial charge in [0, 0.05) is 12.1 Å². The monoisotopic (exact) mass is 293 g/mol. The lowest BCUT2D eigenvalue weighted by Crippen LogP contribution is -2.34. The van der Waals surface area contributed by atoms with E-state index in [1.54, 1.807) is 0 Å². The Morgan fingerprint density at radius 3 is 2.16 bits per heavy atom. The van der Waals surface area contributed by atoms with Crippen molar-refractivity contribution < 1.29 is 29.3 Å². The van der Waals surface area contributed by atoms with E-state index in [0.717, 1.165) is 23.1 Å². The highest BCUT2D eigenvalue weighted by molar-refractivity contribution is 5.85. The van der Waals surface area contributed by atoms with Gasteiger partial charge in [-0.15, -0.1) is 12.4 Å². The summed E-state index contributed by atoms with van der Waals surface area (Å²) in [6.07, 6.45) is 0. The van der Waals surface area contributed by atoms with Crippen LogP contribution >= 0.6 is 12.4 Å². The number of hydrogen-bond acceptors (Lipinski definition) is 4. The molecule has 6 nitrogen and oxygen atoms in total. The second kappa shape index (κ2) is 7.55. The fraction of sp³-hybridized carbons (Fsp3) is 0.273. The lowest BCUT2D eigenvalue weighted by Gasteiger charge is -2.18. The number of halogens is 2. The molecule has 0 aliphatic carbocycles.